The molecule has 1 aliphatic carbocycles. The fraction of sp³-hybridized carbons (Fsp3) is 0.333. The summed E-state index contributed by atoms with van der Waals surface area (Å²) in [6.07, 6.45) is 8.49. The third-order valence-corrected chi connectivity index (χ3v) is 3.50. The number of nitrogens with one attached hydrogen (secondary N) is 1. The van der Waals surface area contributed by atoms with Gasteiger partial charge in [-0.25, -0.2) is 0 Å². The van der Waals surface area contributed by atoms with Gasteiger partial charge in [0, 0.05) is 17.0 Å². The molecule has 0 spiro atoms. The van der Waals surface area contributed by atoms with Gasteiger partial charge in [0.25, 0.3) is 0 Å². The maximum atomic E-state index is 6.28. The Morgan fingerprint density at radius 3 is 2.29 bits per heavy atom. The minimum atomic E-state index is -0.0812. The van der Waals surface area contributed by atoms with Crippen LogP contribution in [0.4, 0.5) is 5.69 Å². The molecule has 2 nitrogen and oxygen atoms in total. The molecule has 2 heteroatoms. The SMILES string of the molecule is CC(C)(C1C=CC=C1)C(N)Nc1ccccc1. The molecule has 1 aromatic carbocycles. The summed E-state index contributed by atoms with van der Waals surface area (Å²) >= 11 is 0. The highest BCUT2D eigenvalue weighted by Crippen LogP contribution is 2.34. The van der Waals surface area contributed by atoms with Crippen molar-refractivity contribution in [3.05, 3.63) is 54.6 Å². The van der Waals surface area contributed by atoms with E-state index in [-0.39, 0.29) is 11.6 Å². The van der Waals surface area contributed by atoms with Gasteiger partial charge in [0.15, 0.2) is 0 Å². The van der Waals surface area contributed by atoms with E-state index in [0.29, 0.717) is 5.92 Å². The fourth-order valence-corrected chi connectivity index (χ4v) is 2.04. The topological polar surface area (TPSA) is 38.0 Å². The number of anilines is 1. The van der Waals surface area contributed by atoms with E-state index in [4.69, 9.17) is 5.73 Å². The van der Waals surface area contributed by atoms with Crippen LogP contribution in [-0.4, -0.2) is 6.17 Å². The molecule has 0 bridgehead atoms. The number of hydrogen-bond acceptors (Lipinski definition) is 2. The lowest BCUT2D eigenvalue weighted by molar-refractivity contribution is 0.257. The molecule has 0 heterocycles. The first-order valence-electron chi connectivity index (χ1n) is 6.03. The number of hydrogen-bond donors (Lipinski definition) is 2. The molecule has 0 aliphatic heterocycles. The van der Waals surface area contributed by atoms with Crippen molar-refractivity contribution in [1.82, 2.24) is 0 Å². The fourth-order valence-electron chi connectivity index (χ4n) is 2.04. The Labute approximate surface area is 103 Å². The summed E-state index contributed by atoms with van der Waals surface area (Å²) < 4.78 is 0. The van der Waals surface area contributed by atoms with Crippen LogP contribution in [-0.2, 0) is 0 Å². The molecule has 1 unspecified atom stereocenters. The molecule has 90 valence electrons. The highest BCUT2D eigenvalue weighted by molar-refractivity contribution is 5.43. The highest BCUT2D eigenvalue weighted by Gasteiger charge is 2.33. The van der Waals surface area contributed by atoms with Crippen LogP contribution in [0.25, 0.3) is 0 Å². The van der Waals surface area contributed by atoms with Gasteiger partial charge >= 0.3 is 0 Å². The first kappa shape index (κ1) is 11.9. The third-order valence-electron chi connectivity index (χ3n) is 3.50. The quantitative estimate of drug-likeness (QED) is 0.777. The Morgan fingerprint density at radius 1 is 1.12 bits per heavy atom. The lowest BCUT2D eigenvalue weighted by Gasteiger charge is -2.36. The first-order chi connectivity index (χ1) is 8.10. The molecule has 1 aliphatic rings. The largest absolute Gasteiger partial charge is 0.370 e. The van der Waals surface area contributed by atoms with Crippen LogP contribution in [0.15, 0.2) is 54.6 Å². The molecule has 3 N–H and O–H groups in total. The van der Waals surface area contributed by atoms with E-state index in [1.165, 1.54) is 0 Å². The van der Waals surface area contributed by atoms with Gasteiger partial charge in [-0.15, -0.1) is 0 Å². The lowest BCUT2D eigenvalue weighted by Crippen LogP contribution is -2.46. The van der Waals surface area contributed by atoms with Crippen LogP contribution in [0.3, 0.4) is 0 Å². The molecule has 0 amide bonds. The molecule has 0 saturated heterocycles. The van der Waals surface area contributed by atoms with E-state index in [1.54, 1.807) is 0 Å². The van der Waals surface area contributed by atoms with Gasteiger partial charge < -0.3 is 11.1 Å². The lowest BCUT2D eigenvalue weighted by atomic mass is 9.77. The van der Waals surface area contributed by atoms with Crippen molar-refractivity contribution in [2.45, 2.75) is 20.0 Å². The summed E-state index contributed by atoms with van der Waals surface area (Å²) in [5, 5.41) is 3.37. The van der Waals surface area contributed by atoms with Gasteiger partial charge in [0.05, 0.1) is 6.17 Å². The number of rotatable bonds is 4. The van der Waals surface area contributed by atoms with E-state index < -0.39 is 0 Å². The van der Waals surface area contributed by atoms with E-state index in [2.05, 4.69) is 43.5 Å². The van der Waals surface area contributed by atoms with Crippen LogP contribution in [0.1, 0.15) is 13.8 Å². The predicted octanol–water partition coefficient (Wildman–Crippen LogP) is 3.15. The van der Waals surface area contributed by atoms with Crippen LogP contribution in [0, 0.1) is 11.3 Å². The first-order valence-corrected chi connectivity index (χ1v) is 6.03. The standard InChI is InChI=1S/C15H20N2/c1-15(2,12-8-6-7-9-12)14(16)17-13-10-4-3-5-11-13/h3-12,14,17H,16H2,1-2H3. The predicted molar refractivity (Wildman–Crippen MR) is 73.6 cm³/mol. The molecule has 0 fully saturated rings. The number of para-hydroxylation sites is 1. The summed E-state index contributed by atoms with van der Waals surface area (Å²) in [5.74, 6) is 0.397. The van der Waals surface area contributed by atoms with Gasteiger partial charge in [-0.3, -0.25) is 0 Å². The van der Waals surface area contributed by atoms with Gasteiger partial charge in [0.1, 0.15) is 0 Å². The molecule has 2 rings (SSSR count). The molecule has 0 radical (unpaired) electrons. The molecule has 0 aromatic heterocycles. The third kappa shape index (κ3) is 2.59. The smallest absolute Gasteiger partial charge is 0.0803 e. The molecule has 1 aromatic rings. The Hall–Kier alpha value is -1.54. The van der Waals surface area contributed by atoms with E-state index >= 15 is 0 Å². The number of benzene rings is 1. The van der Waals surface area contributed by atoms with Gasteiger partial charge in [-0.1, -0.05) is 56.4 Å². The zero-order chi connectivity index (χ0) is 12.3. The maximum Gasteiger partial charge on any atom is 0.0803 e. The van der Waals surface area contributed by atoms with Crippen molar-refractivity contribution in [3.63, 3.8) is 0 Å². The van der Waals surface area contributed by atoms with E-state index in [1.807, 2.05) is 30.3 Å². The monoisotopic (exact) mass is 228 g/mol. The zero-order valence-electron chi connectivity index (χ0n) is 10.4. The summed E-state index contributed by atoms with van der Waals surface area (Å²) in [6, 6.07) is 10.1. The maximum absolute atomic E-state index is 6.28. The van der Waals surface area contributed by atoms with Crippen LogP contribution in [0.2, 0.25) is 0 Å². The summed E-state index contributed by atoms with van der Waals surface area (Å²) in [7, 11) is 0. The van der Waals surface area contributed by atoms with Crippen molar-refractivity contribution >= 4 is 5.69 Å². The second-order valence-corrected chi connectivity index (χ2v) is 5.10. The molecular weight excluding hydrogens is 208 g/mol. The Balaban J connectivity index is 2.06. The van der Waals surface area contributed by atoms with Crippen molar-refractivity contribution in [1.29, 1.82) is 0 Å². The second kappa shape index (κ2) is 4.76. The Kier molecular flexibility index (Phi) is 3.34. The Morgan fingerprint density at radius 2 is 1.71 bits per heavy atom. The molecule has 1 atom stereocenters. The summed E-state index contributed by atoms with van der Waals surface area (Å²) in [5.41, 5.74) is 7.34. The molecule has 0 saturated carbocycles. The average molecular weight is 228 g/mol. The minimum absolute atomic E-state index is 0.0145. The summed E-state index contributed by atoms with van der Waals surface area (Å²) in [6.45, 7) is 4.39. The van der Waals surface area contributed by atoms with Crippen LogP contribution in [0.5, 0.6) is 0 Å². The normalized spacial score (nSPS) is 17.4. The number of allylic oxidation sites excluding steroid dienone is 4. The summed E-state index contributed by atoms with van der Waals surface area (Å²) in [4.78, 5) is 0. The van der Waals surface area contributed by atoms with Crippen molar-refractivity contribution in [2.24, 2.45) is 17.1 Å². The van der Waals surface area contributed by atoms with E-state index in [0.717, 1.165) is 5.69 Å². The molecule has 17 heavy (non-hydrogen) atoms. The average Bonchev–Trinajstić information content (AvgIpc) is 2.84. The Bertz CT molecular complexity index is 406. The number of nitrogens with two attached hydrogens (primary N) is 1. The van der Waals surface area contributed by atoms with Crippen molar-refractivity contribution in [2.75, 3.05) is 5.32 Å². The van der Waals surface area contributed by atoms with Gasteiger partial charge in [-0.05, 0) is 12.1 Å². The minimum Gasteiger partial charge on any atom is -0.370 e. The van der Waals surface area contributed by atoms with Crippen molar-refractivity contribution < 1.29 is 0 Å². The molecular formula is C15H20N2. The zero-order valence-corrected chi connectivity index (χ0v) is 10.4. The van der Waals surface area contributed by atoms with Crippen LogP contribution < -0.4 is 11.1 Å². The highest BCUT2D eigenvalue weighted by atomic mass is 15.0. The van der Waals surface area contributed by atoms with Crippen molar-refractivity contribution in [3.8, 4) is 0 Å². The van der Waals surface area contributed by atoms with Gasteiger partial charge in [-0.2, -0.15) is 0 Å². The van der Waals surface area contributed by atoms with Gasteiger partial charge in [0.2, 0.25) is 0 Å². The van der Waals surface area contributed by atoms with Crippen LogP contribution >= 0.6 is 0 Å². The van der Waals surface area contributed by atoms with E-state index in [9.17, 15) is 0 Å². The second-order valence-electron chi connectivity index (χ2n) is 5.10.